The van der Waals surface area contributed by atoms with Crippen LogP contribution in [-0.2, 0) is 33.4 Å². The number of esters is 3. The van der Waals surface area contributed by atoms with Gasteiger partial charge in [0.15, 0.2) is 11.3 Å². The van der Waals surface area contributed by atoms with Crippen LogP contribution in [-0.4, -0.2) is 44.5 Å². The molecule has 0 fully saturated rings. The van der Waals surface area contributed by atoms with E-state index < -0.39 is 35.2 Å². The van der Waals surface area contributed by atoms with Crippen LogP contribution in [0.2, 0.25) is 0 Å². The molecule has 0 aliphatic carbocycles. The van der Waals surface area contributed by atoms with Gasteiger partial charge in [0.25, 0.3) is 0 Å². The van der Waals surface area contributed by atoms with Crippen LogP contribution in [0.4, 0.5) is 0 Å². The molecule has 24 heavy (non-hydrogen) atoms. The number of methoxy groups -OCH3 is 2. The quantitative estimate of drug-likeness (QED) is 0.346. The van der Waals surface area contributed by atoms with Gasteiger partial charge in [-0.15, -0.1) is 0 Å². The smallest absolute Gasteiger partial charge is 0.326 e. The van der Waals surface area contributed by atoms with Gasteiger partial charge in [0, 0.05) is 12.3 Å². The molecule has 0 bridgehead atoms. The third-order valence-electron chi connectivity index (χ3n) is 3.90. The first kappa shape index (κ1) is 21.6. The maximum Gasteiger partial charge on any atom is 0.326 e. The second-order valence-electron chi connectivity index (χ2n) is 5.32. The highest BCUT2D eigenvalue weighted by Gasteiger charge is 2.53. The highest BCUT2D eigenvalue weighted by atomic mass is 16.5. The minimum absolute atomic E-state index is 0.0101. The third kappa shape index (κ3) is 4.78. The first-order chi connectivity index (χ1) is 11.2. The molecular weight excluding hydrogens is 318 g/mol. The van der Waals surface area contributed by atoms with Crippen molar-refractivity contribution in [2.45, 2.75) is 33.6 Å². The average molecular weight is 341 g/mol. The van der Waals surface area contributed by atoms with Crippen molar-refractivity contribution in [1.29, 1.82) is 5.26 Å². The fourth-order valence-electron chi connectivity index (χ4n) is 2.39. The van der Waals surface area contributed by atoms with Crippen molar-refractivity contribution in [2.75, 3.05) is 20.8 Å². The molecular formula is C16H23NO7. The van der Waals surface area contributed by atoms with E-state index in [4.69, 9.17) is 4.74 Å². The molecule has 0 aliphatic heterocycles. The lowest BCUT2D eigenvalue weighted by Gasteiger charge is -2.33. The lowest BCUT2D eigenvalue weighted by Crippen LogP contribution is -2.46. The molecule has 0 rings (SSSR count). The van der Waals surface area contributed by atoms with Gasteiger partial charge in [-0.1, -0.05) is 6.92 Å². The zero-order chi connectivity index (χ0) is 18.9. The predicted molar refractivity (Wildman–Crippen MR) is 81.3 cm³/mol. The Kier molecular flexibility index (Phi) is 8.67. The lowest BCUT2D eigenvalue weighted by atomic mass is 9.68. The van der Waals surface area contributed by atoms with Gasteiger partial charge in [-0.2, -0.15) is 5.26 Å². The number of rotatable bonds is 9. The molecule has 0 aromatic heterocycles. The maximum atomic E-state index is 12.4. The molecule has 0 aliphatic rings. The van der Waals surface area contributed by atoms with Gasteiger partial charge in [-0.05, 0) is 20.3 Å². The molecule has 134 valence electrons. The van der Waals surface area contributed by atoms with Gasteiger partial charge in [-0.25, -0.2) is 0 Å². The van der Waals surface area contributed by atoms with E-state index in [0.29, 0.717) is 0 Å². The summed E-state index contributed by atoms with van der Waals surface area (Å²) in [6, 6.07) is 1.85. The molecule has 8 nitrogen and oxygen atoms in total. The Hall–Kier alpha value is -2.43. The number of hydrogen-bond acceptors (Lipinski definition) is 8. The predicted octanol–water partition coefficient (Wildman–Crippen LogP) is 1.03. The van der Waals surface area contributed by atoms with Crippen LogP contribution in [0.1, 0.15) is 33.6 Å². The van der Waals surface area contributed by atoms with Crippen molar-refractivity contribution in [1.82, 2.24) is 0 Å². The molecule has 0 saturated heterocycles. The van der Waals surface area contributed by atoms with Crippen molar-refractivity contribution >= 4 is 23.7 Å². The second kappa shape index (κ2) is 9.65. The van der Waals surface area contributed by atoms with Gasteiger partial charge >= 0.3 is 17.9 Å². The lowest BCUT2D eigenvalue weighted by molar-refractivity contribution is -0.167. The number of hydrogen-bond donors (Lipinski definition) is 0. The van der Waals surface area contributed by atoms with Crippen LogP contribution < -0.4 is 0 Å². The van der Waals surface area contributed by atoms with Crippen molar-refractivity contribution in [3.05, 3.63) is 0 Å². The van der Waals surface area contributed by atoms with Gasteiger partial charge in [0.2, 0.25) is 0 Å². The summed E-state index contributed by atoms with van der Waals surface area (Å²) in [4.78, 5) is 47.7. The first-order valence-corrected chi connectivity index (χ1v) is 7.45. The maximum absolute atomic E-state index is 12.4. The molecule has 0 N–H and O–H groups in total. The number of Topliss-reactive ketones (excluding diaryl/α,β-unsaturated/α-hetero) is 1. The summed E-state index contributed by atoms with van der Waals surface area (Å²) in [6.45, 7) is 4.28. The molecule has 0 radical (unpaired) electrons. The molecule has 0 aromatic rings. The van der Waals surface area contributed by atoms with Crippen LogP contribution in [0.15, 0.2) is 0 Å². The Bertz CT molecular complexity index is 521. The zero-order valence-corrected chi connectivity index (χ0v) is 14.6. The van der Waals surface area contributed by atoms with E-state index in [0.717, 1.165) is 14.2 Å². The molecule has 0 heterocycles. The minimum Gasteiger partial charge on any atom is -0.468 e. The highest BCUT2D eigenvalue weighted by Crippen LogP contribution is 2.39. The number of nitrogens with zero attached hydrogens (tertiary/aromatic N) is 1. The second-order valence-corrected chi connectivity index (χ2v) is 5.32. The average Bonchev–Trinajstić information content (AvgIpc) is 2.55. The van der Waals surface area contributed by atoms with E-state index in [-0.39, 0.29) is 25.2 Å². The molecule has 0 unspecified atom stereocenters. The first-order valence-electron chi connectivity index (χ1n) is 7.45. The minimum atomic E-state index is -1.85. The Morgan fingerprint density at radius 2 is 1.62 bits per heavy atom. The van der Waals surface area contributed by atoms with Crippen LogP contribution in [0, 0.1) is 28.6 Å². The topological polar surface area (TPSA) is 120 Å². The monoisotopic (exact) mass is 341 g/mol. The fourth-order valence-corrected chi connectivity index (χ4v) is 2.39. The summed E-state index contributed by atoms with van der Waals surface area (Å²) in [6.07, 6.45) is -0.255. The molecule has 0 aromatic carbocycles. The van der Waals surface area contributed by atoms with E-state index >= 15 is 0 Å². The Morgan fingerprint density at radius 3 is 1.96 bits per heavy atom. The largest absolute Gasteiger partial charge is 0.468 e. The van der Waals surface area contributed by atoms with E-state index in [1.165, 1.54) is 13.8 Å². The van der Waals surface area contributed by atoms with Gasteiger partial charge in [0.05, 0.1) is 26.9 Å². The van der Waals surface area contributed by atoms with E-state index in [9.17, 15) is 24.4 Å². The Labute approximate surface area is 141 Å². The summed E-state index contributed by atoms with van der Waals surface area (Å²) in [5, 5.41) is 9.65. The van der Waals surface area contributed by atoms with Crippen LogP contribution in [0.3, 0.4) is 0 Å². The molecule has 0 amide bonds. The van der Waals surface area contributed by atoms with E-state index in [2.05, 4.69) is 9.47 Å². The third-order valence-corrected chi connectivity index (χ3v) is 3.90. The van der Waals surface area contributed by atoms with Crippen molar-refractivity contribution in [2.24, 2.45) is 17.3 Å². The highest BCUT2D eigenvalue weighted by molar-refractivity contribution is 5.96. The number of ether oxygens (including phenoxy) is 3. The standard InChI is InChI=1S/C16H23NO7/c1-6-24-15(21)16(9-17,8-7-10(2)18)11(3)12(13(19)22-4)14(20)23-5/h11-12H,6-8H2,1-5H3/t11-,16-/m0/s1. The number of ketones is 1. The Morgan fingerprint density at radius 1 is 1.12 bits per heavy atom. The summed E-state index contributed by atoms with van der Waals surface area (Å²) >= 11 is 0. The number of carbonyl (C=O) groups excluding carboxylic acids is 4. The van der Waals surface area contributed by atoms with Gasteiger partial charge in [-0.3, -0.25) is 14.4 Å². The molecule has 2 atom stereocenters. The zero-order valence-electron chi connectivity index (χ0n) is 14.6. The summed E-state index contributed by atoms with van der Waals surface area (Å²) in [5.74, 6) is -5.59. The van der Waals surface area contributed by atoms with Crippen LogP contribution in [0.5, 0.6) is 0 Å². The van der Waals surface area contributed by atoms with Crippen molar-refractivity contribution < 1.29 is 33.4 Å². The van der Waals surface area contributed by atoms with Crippen molar-refractivity contribution in [3.63, 3.8) is 0 Å². The van der Waals surface area contributed by atoms with Gasteiger partial charge < -0.3 is 19.0 Å². The van der Waals surface area contributed by atoms with Crippen LogP contribution in [0.25, 0.3) is 0 Å². The number of carbonyl (C=O) groups is 4. The van der Waals surface area contributed by atoms with Gasteiger partial charge in [0.1, 0.15) is 5.78 Å². The molecule has 8 heteroatoms. The fraction of sp³-hybridized carbons (Fsp3) is 0.688. The van der Waals surface area contributed by atoms with E-state index in [1.807, 2.05) is 6.07 Å². The molecule has 0 saturated carbocycles. The normalized spacial score (nSPS) is 14.0. The SMILES string of the molecule is CCOC(=O)[C@](C#N)(CCC(C)=O)[C@@H](C)C(C(=O)OC)C(=O)OC. The van der Waals surface area contributed by atoms with E-state index in [1.54, 1.807) is 6.92 Å². The molecule has 0 spiro atoms. The van der Waals surface area contributed by atoms with Crippen molar-refractivity contribution in [3.8, 4) is 6.07 Å². The summed E-state index contributed by atoms with van der Waals surface area (Å²) < 4.78 is 14.1. The van der Waals surface area contributed by atoms with Crippen LogP contribution >= 0.6 is 0 Å². The summed E-state index contributed by atoms with van der Waals surface area (Å²) in [7, 11) is 2.16. The number of nitriles is 1. The summed E-state index contributed by atoms with van der Waals surface area (Å²) in [5.41, 5.74) is -1.85. The Balaban J connectivity index is 6.01.